The standard InChI is InChI=1S/C21H21N3O4S/c1-3-24(4-2)15-8-5-13(6-9-15)11-18-19(26)23-21(29-18)22-14-7-10-17(25)16(12-14)20(27)28/h5-12,25H,3-4H2,1-2H3,(H,27,28)(H,22,23,26)/b18-11-. The highest BCUT2D eigenvalue weighted by molar-refractivity contribution is 8.18. The Morgan fingerprint density at radius 3 is 2.48 bits per heavy atom. The second kappa shape index (κ2) is 8.83. The maximum atomic E-state index is 12.3. The molecule has 2 aromatic carbocycles. The van der Waals surface area contributed by atoms with E-state index in [-0.39, 0.29) is 17.2 Å². The maximum Gasteiger partial charge on any atom is 0.339 e. The minimum absolute atomic E-state index is 0.245. The Kier molecular flexibility index (Phi) is 6.23. The first-order valence-electron chi connectivity index (χ1n) is 9.12. The van der Waals surface area contributed by atoms with Gasteiger partial charge in [-0.15, -0.1) is 0 Å². The molecule has 0 spiro atoms. The van der Waals surface area contributed by atoms with Crippen LogP contribution < -0.4 is 10.2 Å². The number of aromatic hydroxyl groups is 1. The molecule has 1 fully saturated rings. The lowest BCUT2D eigenvalue weighted by Crippen LogP contribution is -2.21. The van der Waals surface area contributed by atoms with Crippen LogP contribution in [0.5, 0.6) is 5.75 Å². The van der Waals surface area contributed by atoms with Crippen LogP contribution in [0.25, 0.3) is 6.08 Å². The Morgan fingerprint density at radius 1 is 1.17 bits per heavy atom. The first-order chi connectivity index (χ1) is 13.9. The largest absolute Gasteiger partial charge is 0.507 e. The molecule has 1 heterocycles. The number of aliphatic imine (C=N–C) groups is 1. The number of benzene rings is 2. The number of carbonyl (C=O) groups is 2. The fraction of sp³-hybridized carbons (Fsp3) is 0.190. The SMILES string of the molecule is CCN(CC)c1ccc(/C=C2\SC(=Nc3ccc(O)c(C(=O)O)c3)NC2=O)cc1. The van der Waals surface area contributed by atoms with Crippen LogP contribution in [-0.2, 0) is 4.79 Å². The highest BCUT2D eigenvalue weighted by Gasteiger charge is 2.24. The van der Waals surface area contributed by atoms with Crippen molar-refractivity contribution in [1.29, 1.82) is 0 Å². The van der Waals surface area contributed by atoms with E-state index in [0.717, 1.165) is 24.3 Å². The van der Waals surface area contributed by atoms with Crippen LogP contribution in [0.2, 0.25) is 0 Å². The summed E-state index contributed by atoms with van der Waals surface area (Å²) in [5, 5.41) is 21.7. The average molecular weight is 411 g/mol. The summed E-state index contributed by atoms with van der Waals surface area (Å²) in [6.45, 7) is 6.06. The molecule has 3 rings (SSSR count). The first-order valence-corrected chi connectivity index (χ1v) is 9.93. The molecule has 29 heavy (non-hydrogen) atoms. The van der Waals surface area contributed by atoms with Gasteiger partial charge in [0.05, 0.1) is 10.6 Å². The molecule has 0 bridgehead atoms. The van der Waals surface area contributed by atoms with Gasteiger partial charge in [-0.1, -0.05) is 12.1 Å². The van der Waals surface area contributed by atoms with Crippen molar-refractivity contribution < 1.29 is 19.8 Å². The number of amidine groups is 1. The third kappa shape index (κ3) is 4.78. The summed E-state index contributed by atoms with van der Waals surface area (Å²) in [4.78, 5) is 30.4. The summed E-state index contributed by atoms with van der Waals surface area (Å²) in [5.74, 6) is -1.85. The van der Waals surface area contributed by atoms with E-state index in [1.807, 2.05) is 24.3 Å². The molecule has 8 heteroatoms. The fourth-order valence-electron chi connectivity index (χ4n) is 2.88. The van der Waals surface area contributed by atoms with Gasteiger partial charge in [0.15, 0.2) is 5.17 Å². The van der Waals surface area contributed by atoms with Crippen molar-refractivity contribution in [3.05, 3.63) is 58.5 Å². The van der Waals surface area contributed by atoms with Crippen LogP contribution in [-0.4, -0.2) is 40.3 Å². The van der Waals surface area contributed by atoms with Crippen molar-refractivity contribution in [2.24, 2.45) is 4.99 Å². The molecule has 2 aromatic rings. The Balaban J connectivity index is 1.79. The monoisotopic (exact) mass is 411 g/mol. The third-order valence-electron chi connectivity index (χ3n) is 4.41. The Labute approximate surface area is 172 Å². The molecular weight excluding hydrogens is 390 g/mol. The maximum absolute atomic E-state index is 12.3. The van der Waals surface area contributed by atoms with Gasteiger partial charge in [0.2, 0.25) is 0 Å². The van der Waals surface area contributed by atoms with Gasteiger partial charge in [-0.2, -0.15) is 0 Å². The Hall–Kier alpha value is -3.26. The molecule has 0 unspecified atom stereocenters. The van der Waals surface area contributed by atoms with Gasteiger partial charge < -0.3 is 20.4 Å². The number of carboxylic acid groups (broad SMARTS) is 1. The summed E-state index contributed by atoms with van der Waals surface area (Å²) in [6, 6.07) is 12.0. The summed E-state index contributed by atoms with van der Waals surface area (Å²) in [6.07, 6.45) is 1.79. The number of carbonyl (C=O) groups excluding carboxylic acids is 1. The lowest BCUT2D eigenvalue weighted by Gasteiger charge is -2.20. The van der Waals surface area contributed by atoms with Crippen molar-refractivity contribution in [1.82, 2.24) is 5.32 Å². The van der Waals surface area contributed by atoms with Gasteiger partial charge in [-0.3, -0.25) is 4.79 Å². The van der Waals surface area contributed by atoms with Gasteiger partial charge in [0.25, 0.3) is 5.91 Å². The van der Waals surface area contributed by atoms with Crippen molar-refractivity contribution >= 4 is 46.3 Å². The zero-order chi connectivity index (χ0) is 21.0. The molecule has 1 aliphatic rings. The molecule has 7 nitrogen and oxygen atoms in total. The number of aromatic carboxylic acids is 1. The predicted molar refractivity (Wildman–Crippen MR) is 116 cm³/mol. The minimum Gasteiger partial charge on any atom is -0.507 e. The van der Waals surface area contributed by atoms with E-state index in [0.29, 0.717) is 15.8 Å². The lowest BCUT2D eigenvalue weighted by atomic mass is 10.1. The van der Waals surface area contributed by atoms with Crippen molar-refractivity contribution in [3.63, 3.8) is 0 Å². The predicted octanol–water partition coefficient (Wildman–Crippen LogP) is 3.83. The number of hydrogen-bond donors (Lipinski definition) is 3. The molecular formula is C21H21N3O4S. The summed E-state index contributed by atoms with van der Waals surface area (Å²) >= 11 is 1.18. The fourth-order valence-corrected chi connectivity index (χ4v) is 3.73. The van der Waals surface area contributed by atoms with E-state index < -0.39 is 5.97 Å². The lowest BCUT2D eigenvalue weighted by molar-refractivity contribution is -0.115. The molecule has 150 valence electrons. The van der Waals surface area contributed by atoms with Gasteiger partial charge in [-0.25, -0.2) is 9.79 Å². The molecule has 3 N–H and O–H groups in total. The van der Waals surface area contributed by atoms with E-state index in [1.54, 1.807) is 6.08 Å². The van der Waals surface area contributed by atoms with E-state index >= 15 is 0 Å². The number of phenols is 1. The van der Waals surface area contributed by atoms with Gasteiger partial charge in [0, 0.05) is 18.8 Å². The Bertz CT molecular complexity index is 995. The third-order valence-corrected chi connectivity index (χ3v) is 5.32. The quantitative estimate of drug-likeness (QED) is 0.625. The van der Waals surface area contributed by atoms with Gasteiger partial charge in [0.1, 0.15) is 11.3 Å². The molecule has 0 aromatic heterocycles. The van der Waals surface area contributed by atoms with Crippen LogP contribution in [0.15, 0.2) is 52.4 Å². The molecule has 1 saturated heterocycles. The molecule has 0 aliphatic carbocycles. The van der Waals surface area contributed by atoms with E-state index in [9.17, 15) is 14.7 Å². The van der Waals surface area contributed by atoms with Crippen molar-refractivity contribution in [2.75, 3.05) is 18.0 Å². The highest BCUT2D eigenvalue weighted by atomic mass is 32.2. The smallest absolute Gasteiger partial charge is 0.339 e. The van der Waals surface area contributed by atoms with Crippen LogP contribution in [0.1, 0.15) is 29.8 Å². The van der Waals surface area contributed by atoms with E-state index in [1.165, 1.54) is 30.0 Å². The number of anilines is 1. The van der Waals surface area contributed by atoms with Crippen LogP contribution in [0.4, 0.5) is 11.4 Å². The molecule has 0 atom stereocenters. The second-order valence-electron chi connectivity index (χ2n) is 6.25. The van der Waals surface area contributed by atoms with E-state index in [2.05, 4.69) is 29.1 Å². The number of amides is 1. The van der Waals surface area contributed by atoms with Crippen molar-refractivity contribution in [3.8, 4) is 5.75 Å². The molecule has 1 amide bonds. The second-order valence-corrected chi connectivity index (χ2v) is 7.28. The zero-order valence-corrected chi connectivity index (χ0v) is 16.9. The number of hydrogen-bond acceptors (Lipinski definition) is 6. The molecule has 1 aliphatic heterocycles. The number of thioether (sulfide) groups is 1. The molecule has 0 radical (unpaired) electrons. The average Bonchev–Trinajstić information content (AvgIpc) is 3.04. The van der Waals surface area contributed by atoms with Crippen LogP contribution >= 0.6 is 11.8 Å². The number of carboxylic acids is 1. The summed E-state index contributed by atoms with van der Waals surface area (Å²) in [7, 11) is 0. The minimum atomic E-state index is -1.25. The topological polar surface area (TPSA) is 102 Å². The summed E-state index contributed by atoms with van der Waals surface area (Å²) < 4.78 is 0. The Morgan fingerprint density at radius 2 is 1.86 bits per heavy atom. The van der Waals surface area contributed by atoms with Gasteiger partial charge in [-0.05, 0) is 67.6 Å². The summed E-state index contributed by atoms with van der Waals surface area (Å²) in [5.41, 5.74) is 2.11. The zero-order valence-electron chi connectivity index (χ0n) is 16.0. The van der Waals surface area contributed by atoms with Crippen LogP contribution in [0.3, 0.4) is 0 Å². The van der Waals surface area contributed by atoms with E-state index in [4.69, 9.17) is 5.11 Å². The molecule has 0 saturated carbocycles. The van der Waals surface area contributed by atoms with Gasteiger partial charge >= 0.3 is 5.97 Å². The number of nitrogens with zero attached hydrogens (tertiary/aromatic N) is 2. The normalized spacial score (nSPS) is 16.3. The van der Waals surface area contributed by atoms with Crippen LogP contribution in [0, 0.1) is 0 Å². The number of nitrogens with one attached hydrogen (secondary N) is 1. The van der Waals surface area contributed by atoms with Crippen molar-refractivity contribution in [2.45, 2.75) is 13.8 Å². The first kappa shape index (κ1) is 20.5. The highest BCUT2D eigenvalue weighted by Crippen LogP contribution is 2.30. The number of rotatable bonds is 6.